The van der Waals surface area contributed by atoms with Crippen LogP contribution in [0.25, 0.3) is 0 Å². The Morgan fingerprint density at radius 1 is 1.44 bits per heavy atom. The first-order chi connectivity index (χ1) is 8.59. The molecule has 1 saturated heterocycles. The summed E-state index contributed by atoms with van der Waals surface area (Å²) in [6.45, 7) is 3.30. The molecule has 1 unspecified atom stereocenters. The molecule has 2 rings (SSSR count). The molecule has 3 N–H and O–H groups in total. The number of nitrogens with one attached hydrogen (secondary N) is 1. The van der Waals surface area contributed by atoms with Gasteiger partial charge in [0.1, 0.15) is 6.04 Å². The molecule has 0 aromatic heterocycles. The molecule has 1 fully saturated rings. The maximum Gasteiger partial charge on any atom is 0.239 e. The molecule has 1 aliphatic rings. The van der Waals surface area contributed by atoms with Crippen molar-refractivity contribution in [1.82, 2.24) is 10.2 Å². The van der Waals surface area contributed by atoms with Crippen LogP contribution in [0, 0.1) is 0 Å². The molecule has 4 nitrogen and oxygen atoms in total. The van der Waals surface area contributed by atoms with Gasteiger partial charge in [-0.3, -0.25) is 9.69 Å². The Labute approximate surface area is 120 Å². The highest BCUT2D eigenvalue weighted by Crippen LogP contribution is 2.30. The summed E-state index contributed by atoms with van der Waals surface area (Å²) in [6.07, 6.45) is 0. The first kappa shape index (κ1) is 13.8. The van der Waals surface area contributed by atoms with E-state index in [1.165, 1.54) is 0 Å². The fraction of sp³-hybridized carbons (Fsp3) is 0.417. The molecule has 1 aromatic rings. The fourth-order valence-corrected chi connectivity index (χ4v) is 2.97. The second-order valence-corrected chi connectivity index (χ2v) is 5.58. The number of piperazine rings is 1. The van der Waals surface area contributed by atoms with Gasteiger partial charge in [0.25, 0.3) is 0 Å². The summed E-state index contributed by atoms with van der Waals surface area (Å²) in [4.78, 5) is 13.8. The van der Waals surface area contributed by atoms with Crippen LogP contribution >= 0.6 is 27.5 Å². The first-order valence-electron chi connectivity index (χ1n) is 5.78. The van der Waals surface area contributed by atoms with Crippen molar-refractivity contribution >= 4 is 33.4 Å². The molecule has 1 aliphatic heterocycles. The van der Waals surface area contributed by atoms with Crippen molar-refractivity contribution in [3.8, 4) is 0 Å². The number of nitrogens with zero attached hydrogens (tertiary/aromatic N) is 1. The van der Waals surface area contributed by atoms with Crippen molar-refractivity contribution in [3.05, 3.63) is 33.3 Å². The summed E-state index contributed by atoms with van der Waals surface area (Å²) in [5.41, 5.74) is 6.31. The van der Waals surface area contributed by atoms with E-state index in [2.05, 4.69) is 26.1 Å². The number of primary amides is 1. The summed E-state index contributed by atoms with van der Waals surface area (Å²) < 4.78 is 0.889. The van der Waals surface area contributed by atoms with Gasteiger partial charge in [-0.1, -0.05) is 33.6 Å². The molecule has 1 aromatic carbocycles. The SMILES string of the molecule is NC(=O)C(c1ccc(Br)cc1Cl)N1CCNCC1. The Morgan fingerprint density at radius 3 is 2.67 bits per heavy atom. The van der Waals surface area contributed by atoms with E-state index in [-0.39, 0.29) is 5.91 Å². The molecular weight excluding hydrogens is 318 g/mol. The van der Waals surface area contributed by atoms with E-state index in [0.717, 1.165) is 36.2 Å². The molecule has 0 spiro atoms. The van der Waals surface area contributed by atoms with Crippen LogP contribution in [0.15, 0.2) is 22.7 Å². The molecule has 1 heterocycles. The lowest BCUT2D eigenvalue weighted by atomic mass is 10.0. The summed E-state index contributed by atoms with van der Waals surface area (Å²) in [5.74, 6) is -0.360. The molecule has 0 radical (unpaired) electrons. The third kappa shape index (κ3) is 3.03. The van der Waals surface area contributed by atoms with E-state index >= 15 is 0 Å². The van der Waals surface area contributed by atoms with Crippen LogP contribution < -0.4 is 11.1 Å². The smallest absolute Gasteiger partial charge is 0.239 e. The minimum atomic E-state index is -0.451. The number of nitrogens with two attached hydrogens (primary N) is 1. The summed E-state index contributed by atoms with van der Waals surface area (Å²) in [5, 5.41) is 3.81. The number of hydrogen-bond acceptors (Lipinski definition) is 3. The van der Waals surface area contributed by atoms with E-state index in [1.807, 2.05) is 12.1 Å². The summed E-state index contributed by atoms with van der Waals surface area (Å²) in [6, 6.07) is 5.06. The molecule has 98 valence electrons. The molecule has 1 amide bonds. The van der Waals surface area contributed by atoms with E-state index in [9.17, 15) is 4.79 Å². The van der Waals surface area contributed by atoms with E-state index in [1.54, 1.807) is 6.07 Å². The minimum Gasteiger partial charge on any atom is -0.368 e. The van der Waals surface area contributed by atoms with E-state index in [0.29, 0.717) is 5.02 Å². The maximum absolute atomic E-state index is 11.7. The third-order valence-corrected chi connectivity index (χ3v) is 3.86. The molecule has 0 aliphatic carbocycles. The second kappa shape index (κ2) is 6.02. The quantitative estimate of drug-likeness (QED) is 0.882. The number of rotatable bonds is 3. The zero-order chi connectivity index (χ0) is 13.1. The predicted octanol–water partition coefficient (Wildman–Crippen LogP) is 1.53. The van der Waals surface area contributed by atoms with Gasteiger partial charge >= 0.3 is 0 Å². The summed E-state index contributed by atoms with van der Waals surface area (Å²) in [7, 11) is 0. The normalized spacial score (nSPS) is 18.6. The van der Waals surface area contributed by atoms with Gasteiger partial charge in [0.2, 0.25) is 5.91 Å². The van der Waals surface area contributed by atoms with Crippen molar-refractivity contribution in [2.24, 2.45) is 5.73 Å². The van der Waals surface area contributed by atoms with Gasteiger partial charge in [-0.2, -0.15) is 0 Å². The van der Waals surface area contributed by atoms with E-state index < -0.39 is 6.04 Å². The third-order valence-electron chi connectivity index (χ3n) is 3.04. The van der Waals surface area contributed by atoms with Crippen molar-refractivity contribution in [3.63, 3.8) is 0 Å². The largest absolute Gasteiger partial charge is 0.368 e. The lowest BCUT2D eigenvalue weighted by Gasteiger charge is -2.33. The topological polar surface area (TPSA) is 58.4 Å². The fourth-order valence-electron chi connectivity index (χ4n) is 2.19. The number of benzene rings is 1. The van der Waals surface area contributed by atoms with Crippen LogP contribution in [0.1, 0.15) is 11.6 Å². The molecular formula is C12H15BrClN3O. The van der Waals surface area contributed by atoms with Crippen LogP contribution in [-0.2, 0) is 4.79 Å². The molecule has 6 heteroatoms. The van der Waals surface area contributed by atoms with Crippen molar-refractivity contribution in [1.29, 1.82) is 0 Å². The maximum atomic E-state index is 11.7. The highest BCUT2D eigenvalue weighted by atomic mass is 79.9. The number of carbonyl (C=O) groups excluding carboxylic acids is 1. The molecule has 1 atom stereocenters. The number of carbonyl (C=O) groups is 1. The lowest BCUT2D eigenvalue weighted by Crippen LogP contribution is -2.48. The molecule has 18 heavy (non-hydrogen) atoms. The van der Waals surface area contributed by atoms with Gasteiger partial charge in [-0.25, -0.2) is 0 Å². The number of amides is 1. The monoisotopic (exact) mass is 331 g/mol. The van der Waals surface area contributed by atoms with Crippen LogP contribution in [0.5, 0.6) is 0 Å². The second-order valence-electron chi connectivity index (χ2n) is 4.26. The van der Waals surface area contributed by atoms with Gasteiger partial charge in [-0.05, 0) is 17.7 Å². The highest BCUT2D eigenvalue weighted by Gasteiger charge is 2.28. The zero-order valence-electron chi connectivity index (χ0n) is 9.83. The highest BCUT2D eigenvalue weighted by molar-refractivity contribution is 9.10. The Bertz CT molecular complexity index is 449. The number of hydrogen-bond donors (Lipinski definition) is 2. The van der Waals surface area contributed by atoms with Crippen LogP contribution in [0.4, 0.5) is 0 Å². The number of halogens is 2. The van der Waals surface area contributed by atoms with Gasteiger partial charge in [0.15, 0.2) is 0 Å². The average Bonchev–Trinajstić information content (AvgIpc) is 2.33. The van der Waals surface area contributed by atoms with Crippen LogP contribution in [0.3, 0.4) is 0 Å². The van der Waals surface area contributed by atoms with Crippen LogP contribution in [-0.4, -0.2) is 37.0 Å². The van der Waals surface area contributed by atoms with Crippen molar-refractivity contribution < 1.29 is 4.79 Å². The summed E-state index contributed by atoms with van der Waals surface area (Å²) >= 11 is 9.56. The van der Waals surface area contributed by atoms with Gasteiger partial charge in [0, 0.05) is 35.7 Å². The molecule has 0 saturated carbocycles. The van der Waals surface area contributed by atoms with Gasteiger partial charge in [-0.15, -0.1) is 0 Å². The van der Waals surface area contributed by atoms with Gasteiger partial charge < -0.3 is 11.1 Å². The first-order valence-corrected chi connectivity index (χ1v) is 6.95. The Hall–Kier alpha value is -0.620. The Kier molecular flexibility index (Phi) is 4.61. The lowest BCUT2D eigenvalue weighted by molar-refractivity contribution is -0.123. The zero-order valence-corrected chi connectivity index (χ0v) is 12.2. The predicted molar refractivity (Wildman–Crippen MR) is 75.5 cm³/mol. The average molecular weight is 333 g/mol. The van der Waals surface area contributed by atoms with Gasteiger partial charge in [0.05, 0.1) is 0 Å². The Balaban J connectivity index is 2.31. The molecule has 0 bridgehead atoms. The minimum absolute atomic E-state index is 0.360. The van der Waals surface area contributed by atoms with E-state index in [4.69, 9.17) is 17.3 Å². The standard InChI is InChI=1S/C12H15BrClN3O/c13-8-1-2-9(10(14)7-8)11(12(15)18)17-5-3-16-4-6-17/h1-2,7,11,16H,3-6H2,(H2,15,18). The Morgan fingerprint density at radius 2 is 2.11 bits per heavy atom. The van der Waals surface area contributed by atoms with Crippen molar-refractivity contribution in [2.45, 2.75) is 6.04 Å². The van der Waals surface area contributed by atoms with Crippen LogP contribution in [0.2, 0.25) is 5.02 Å². The van der Waals surface area contributed by atoms with Crippen molar-refractivity contribution in [2.75, 3.05) is 26.2 Å².